The van der Waals surface area contributed by atoms with Crippen molar-refractivity contribution in [3.8, 4) is 0 Å². The molecule has 0 saturated heterocycles. The highest BCUT2D eigenvalue weighted by molar-refractivity contribution is 5.98. The summed E-state index contributed by atoms with van der Waals surface area (Å²) in [6.07, 6.45) is 6.74. The second kappa shape index (κ2) is 5.66. The molecule has 1 saturated carbocycles. The van der Waals surface area contributed by atoms with Gasteiger partial charge in [-0.05, 0) is 30.9 Å². The number of pyridine rings is 1. The summed E-state index contributed by atoms with van der Waals surface area (Å²) in [7, 11) is 1.77. The van der Waals surface area contributed by atoms with E-state index in [1.165, 1.54) is 19.3 Å². The number of rotatable bonds is 6. The van der Waals surface area contributed by atoms with Crippen molar-refractivity contribution >= 4 is 11.7 Å². The van der Waals surface area contributed by atoms with Crippen molar-refractivity contribution in [3.63, 3.8) is 0 Å². The van der Waals surface area contributed by atoms with Gasteiger partial charge in [0.25, 0.3) is 5.91 Å². The molecule has 0 aliphatic heterocycles. The first kappa shape index (κ1) is 11.9. The number of hydrogen-bond donors (Lipinski definition) is 2. The molecule has 1 aliphatic rings. The highest BCUT2D eigenvalue weighted by Crippen LogP contribution is 2.33. The summed E-state index contributed by atoms with van der Waals surface area (Å²) in [5.41, 5.74) is 0.612. The molecule has 4 heteroatoms. The summed E-state index contributed by atoms with van der Waals surface area (Å²) >= 11 is 0. The van der Waals surface area contributed by atoms with Crippen LogP contribution in [0.4, 0.5) is 5.82 Å². The van der Waals surface area contributed by atoms with Crippen molar-refractivity contribution in [2.45, 2.75) is 25.7 Å². The van der Waals surface area contributed by atoms with E-state index in [9.17, 15) is 4.79 Å². The van der Waals surface area contributed by atoms with Gasteiger partial charge < -0.3 is 10.6 Å². The van der Waals surface area contributed by atoms with Crippen LogP contribution in [-0.4, -0.2) is 24.5 Å². The predicted molar refractivity (Wildman–Crippen MR) is 68.1 cm³/mol. The van der Waals surface area contributed by atoms with E-state index in [2.05, 4.69) is 15.6 Å². The zero-order valence-corrected chi connectivity index (χ0v) is 10.2. The first-order chi connectivity index (χ1) is 8.31. The molecule has 92 valence electrons. The summed E-state index contributed by atoms with van der Waals surface area (Å²) in [6.45, 7) is 0.757. The SMILES string of the molecule is CNc1ncccc1C(=O)NCCCC1CC1. The van der Waals surface area contributed by atoms with Crippen LogP contribution in [0.15, 0.2) is 18.3 Å². The van der Waals surface area contributed by atoms with Crippen LogP contribution in [0, 0.1) is 5.92 Å². The van der Waals surface area contributed by atoms with Gasteiger partial charge in [0, 0.05) is 19.8 Å². The molecule has 1 aliphatic carbocycles. The van der Waals surface area contributed by atoms with Gasteiger partial charge in [-0.2, -0.15) is 0 Å². The molecule has 1 fully saturated rings. The van der Waals surface area contributed by atoms with Crippen LogP contribution in [0.1, 0.15) is 36.0 Å². The third kappa shape index (κ3) is 3.44. The van der Waals surface area contributed by atoms with E-state index in [-0.39, 0.29) is 5.91 Å². The largest absolute Gasteiger partial charge is 0.372 e. The molecule has 0 unspecified atom stereocenters. The van der Waals surface area contributed by atoms with Crippen LogP contribution < -0.4 is 10.6 Å². The predicted octanol–water partition coefficient (Wildman–Crippen LogP) is 2.04. The van der Waals surface area contributed by atoms with Crippen molar-refractivity contribution in [3.05, 3.63) is 23.9 Å². The Hall–Kier alpha value is -1.58. The second-order valence-corrected chi connectivity index (χ2v) is 4.49. The fourth-order valence-corrected chi connectivity index (χ4v) is 1.88. The van der Waals surface area contributed by atoms with Crippen molar-refractivity contribution in [1.82, 2.24) is 10.3 Å². The summed E-state index contributed by atoms with van der Waals surface area (Å²) in [6, 6.07) is 3.56. The maximum atomic E-state index is 11.9. The van der Waals surface area contributed by atoms with Crippen LogP contribution in [0.3, 0.4) is 0 Å². The molecule has 1 amide bonds. The number of carbonyl (C=O) groups excluding carboxylic acids is 1. The van der Waals surface area contributed by atoms with Crippen LogP contribution >= 0.6 is 0 Å². The Kier molecular flexibility index (Phi) is 3.96. The van der Waals surface area contributed by atoms with Gasteiger partial charge in [-0.15, -0.1) is 0 Å². The lowest BCUT2D eigenvalue weighted by Crippen LogP contribution is -2.25. The quantitative estimate of drug-likeness (QED) is 0.739. The smallest absolute Gasteiger partial charge is 0.255 e. The lowest BCUT2D eigenvalue weighted by Gasteiger charge is -2.08. The third-order valence-electron chi connectivity index (χ3n) is 3.06. The molecule has 0 atom stereocenters. The van der Waals surface area contributed by atoms with Gasteiger partial charge in [-0.25, -0.2) is 4.98 Å². The number of amides is 1. The molecular weight excluding hydrogens is 214 g/mol. The first-order valence-electron chi connectivity index (χ1n) is 6.22. The normalized spacial score (nSPS) is 14.4. The van der Waals surface area contributed by atoms with E-state index < -0.39 is 0 Å². The van der Waals surface area contributed by atoms with Crippen molar-refractivity contribution in [1.29, 1.82) is 0 Å². The molecule has 17 heavy (non-hydrogen) atoms. The molecule has 0 spiro atoms. The number of nitrogens with zero attached hydrogens (tertiary/aromatic N) is 1. The number of anilines is 1. The van der Waals surface area contributed by atoms with Crippen molar-refractivity contribution < 1.29 is 4.79 Å². The van der Waals surface area contributed by atoms with Crippen molar-refractivity contribution in [2.24, 2.45) is 5.92 Å². The van der Waals surface area contributed by atoms with Gasteiger partial charge in [0.05, 0.1) is 5.56 Å². The molecule has 0 radical (unpaired) electrons. The minimum atomic E-state index is -0.0433. The number of aromatic nitrogens is 1. The van der Waals surface area contributed by atoms with E-state index in [1.54, 1.807) is 25.4 Å². The van der Waals surface area contributed by atoms with E-state index in [1.807, 2.05) is 0 Å². The van der Waals surface area contributed by atoms with E-state index >= 15 is 0 Å². The van der Waals surface area contributed by atoms with Crippen LogP contribution in [0.25, 0.3) is 0 Å². The Bertz CT molecular complexity index is 388. The second-order valence-electron chi connectivity index (χ2n) is 4.49. The van der Waals surface area contributed by atoms with Gasteiger partial charge in [-0.3, -0.25) is 4.79 Å². The minimum Gasteiger partial charge on any atom is -0.372 e. The average molecular weight is 233 g/mol. The highest BCUT2D eigenvalue weighted by atomic mass is 16.1. The van der Waals surface area contributed by atoms with Gasteiger partial charge in [0.2, 0.25) is 0 Å². The Labute approximate surface area is 102 Å². The molecule has 1 heterocycles. The van der Waals surface area contributed by atoms with E-state index in [4.69, 9.17) is 0 Å². The first-order valence-corrected chi connectivity index (χ1v) is 6.22. The monoisotopic (exact) mass is 233 g/mol. The zero-order chi connectivity index (χ0) is 12.1. The number of hydrogen-bond acceptors (Lipinski definition) is 3. The Morgan fingerprint density at radius 2 is 2.35 bits per heavy atom. The minimum absolute atomic E-state index is 0.0433. The van der Waals surface area contributed by atoms with Gasteiger partial charge in [0.15, 0.2) is 0 Å². The Morgan fingerprint density at radius 1 is 1.53 bits per heavy atom. The maximum absolute atomic E-state index is 11.9. The van der Waals surface area contributed by atoms with Crippen LogP contribution in [0.5, 0.6) is 0 Å². The van der Waals surface area contributed by atoms with E-state index in [0.29, 0.717) is 11.4 Å². The van der Waals surface area contributed by atoms with Crippen molar-refractivity contribution in [2.75, 3.05) is 18.9 Å². The molecule has 2 N–H and O–H groups in total. The molecule has 0 bridgehead atoms. The Morgan fingerprint density at radius 3 is 3.06 bits per heavy atom. The fourth-order valence-electron chi connectivity index (χ4n) is 1.88. The molecule has 1 aromatic rings. The summed E-state index contributed by atoms with van der Waals surface area (Å²) in [5, 5.41) is 5.86. The number of carbonyl (C=O) groups is 1. The number of nitrogens with one attached hydrogen (secondary N) is 2. The van der Waals surface area contributed by atoms with Gasteiger partial charge >= 0.3 is 0 Å². The van der Waals surface area contributed by atoms with Gasteiger partial charge in [0.1, 0.15) is 5.82 Å². The molecule has 2 rings (SSSR count). The molecule has 4 nitrogen and oxygen atoms in total. The fraction of sp³-hybridized carbons (Fsp3) is 0.538. The average Bonchev–Trinajstić information content (AvgIpc) is 3.18. The maximum Gasteiger partial charge on any atom is 0.255 e. The van der Waals surface area contributed by atoms with Crippen LogP contribution in [0.2, 0.25) is 0 Å². The van der Waals surface area contributed by atoms with E-state index in [0.717, 1.165) is 18.9 Å². The third-order valence-corrected chi connectivity index (χ3v) is 3.06. The summed E-state index contributed by atoms with van der Waals surface area (Å²) in [5.74, 6) is 1.52. The topological polar surface area (TPSA) is 54.0 Å². The molecule has 0 aromatic carbocycles. The standard InChI is InChI=1S/C13H19N3O/c1-14-12-11(5-3-8-15-12)13(17)16-9-2-4-10-6-7-10/h3,5,8,10H,2,4,6-7,9H2,1H3,(H,14,15)(H,16,17). The Balaban J connectivity index is 1.80. The molecular formula is C13H19N3O. The lowest BCUT2D eigenvalue weighted by molar-refractivity contribution is 0.0953. The van der Waals surface area contributed by atoms with Crippen LogP contribution in [-0.2, 0) is 0 Å². The lowest BCUT2D eigenvalue weighted by atomic mass is 10.2. The summed E-state index contributed by atoms with van der Waals surface area (Å²) in [4.78, 5) is 16.0. The highest BCUT2D eigenvalue weighted by Gasteiger charge is 2.20. The molecule has 1 aromatic heterocycles. The summed E-state index contributed by atoms with van der Waals surface area (Å²) < 4.78 is 0. The van der Waals surface area contributed by atoms with Gasteiger partial charge in [-0.1, -0.05) is 12.8 Å². The zero-order valence-electron chi connectivity index (χ0n) is 10.2.